The molecule has 0 radical (unpaired) electrons. The number of carbonyl (C=O) groups excluding carboxylic acids is 1. The van der Waals surface area contributed by atoms with Crippen molar-refractivity contribution < 1.29 is 9.53 Å². The summed E-state index contributed by atoms with van der Waals surface area (Å²) in [7, 11) is 0. The molecule has 3 heteroatoms. The number of esters is 1. The van der Waals surface area contributed by atoms with Crippen LogP contribution in [0.4, 0.5) is 0 Å². The molecule has 1 atom stereocenters. The van der Waals surface area contributed by atoms with Crippen LogP contribution in [0.5, 0.6) is 0 Å². The summed E-state index contributed by atoms with van der Waals surface area (Å²) in [5, 5.41) is 0. The number of aliphatic imine (C=N–C) groups is 1. The van der Waals surface area contributed by atoms with Crippen molar-refractivity contribution in [2.24, 2.45) is 4.99 Å². The zero-order valence-corrected chi connectivity index (χ0v) is 11.0. The van der Waals surface area contributed by atoms with E-state index in [0.717, 1.165) is 12.0 Å². The van der Waals surface area contributed by atoms with Gasteiger partial charge in [-0.05, 0) is 30.5 Å². The quantitative estimate of drug-likeness (QED) is 0.797. The highest BCUT2D eigenvalue weighted by Crippen LogP contribution is 2.17. The van der Waals surface area contributed by atoms with Gasteiger partial charge in [-0.25, -0.2) is 9.79 Å². The maximum absolute atomic E-state index is 11.8. The van der Waals surface area contributed by atoms with E-state index in [1.54, 1.807) is 0 Å². The molecule has 100 valence electrons. The summed E-state index contributed by atoms with van der Waals surface area (Å²) >= 11 is 0. The number of benzene rings is 2. The van der Waals surface area contributed by atoms with Crippen LogP contribution in [0.2, 0.25) is 0 Å². The number of hydrogen-bond donors (Lipinski definition) is 0. The Labute approximate surface area is 117 Å². The molecule has 0 aliphatic carbocycles. The second-order valence-corrected chi connectivity index (χ2v) is 4.76. The second kappa shape index (κ2) is 5.70. The summed E-state index contributed by atoms with van der Waals surface area (Å²) in [5.41, 5.74) is 2.06. The molecule has 0 aromatic heterocycles. The van der Waals surface area contributed by atoms with E-state index in [0.29, 0.717) is 12.3 Å². The van der Waals surface area contributed by atoms with E-state index in [-0.39, 0.29) is 12.0 Å². The smallest absolute Gasteiger partial charge is 0.337 e. The van der Waals surface area contributed by atoms with Gasteiger partial charge in [0.05, 0.1) is 0 Å². The largest absolute Gasteiger partial charge is 0.406 e. The van der Waals surface area contributed by atoms with Gasteiger partial charge in [-0.15, -0.1) is 0 Å². The molecule has 1 aliphatic rings. The van der Waals surface area contributed by atoms with Crippen molar-refractivity contribution in [1.82, 2.24) is 0 Å². The minimum atomic E-state index is -0.384. The number of aryl methyl sites for hydroxylation is 1. The Bertz CT molecular complexity index is 620. The number of nitrogens with zero attached hydrogens (tertiary/aromatic N) is 1. The van der Waals surface area contributed by atoms with Crippen molar-refractivity contribution in [3.63, 3.8) is 0 Å². The van der Waals surface area contributed by atoms with Crippen LogP contribution in [0, 0.1) is 0 Å². The van der Waals surface area contributed by atoms with Crippen molar-refractivity contribution >= 4 is 11.9 Å². The topological polar surface area (TPSA) is 38.7 Å². The second-order valence-electron chi connectivity index (χ2n) is 4.76. The van der Waals surface area contributed by atoms with Crippen LogP contribution < -0.4 is 0 Å². The number of cyclic esters (lactones) is 1. The van der Waals surface area contributed by atoms with Crippen molar-refractivity contribution in [3.05, 3.63) is 71.8 Å². The van der Waals surface area contributed by atoms with Gasteiger partial charge in [0.2, 0.25) is 5.90 Å². The van der Waals surface area contributed by atoms with E-state index >= 15 is 0 Å². The Morgan fingerprint density at radius 1 is 0.950 bits per heavy atom. The molecule has 0 saturated carbocycles. The first-order chi connectivity index (χ1) is 9.83. The fraction of sp³-hybridized carbons (Fsp3) is 0.176. The highest BCUT2D eigenvalue weighted by molar-refractivity contribution is 6.06. The van der Waals surface area contributed by atoms with Gasteiger partial charge in [-0.2, -0.15) is 0 Å². The maximum atomic E-state index is 11.8. The molecule has 1 aliphatic heterocycles. The van der Waals surface area contributed by atoms with E-state index < -0.39 is 0 Å². The summed E-state index contributed by atoms with van der Waals surface area (Å²) in [6.07, 6.45) is 1.51. The van der Waals surface area contributed by atoms with E-state index in [9.17, 15) is 4.79 Å². The average molecular weight is 265 g/mol. The van der Waals surface area contributed by atoms with E-state index in [1.165, 1.54) is 5.56 Å². The Morgan fingerprint density at radius 2 is 1.60 bits per heavy atom. The lowest BCUT2D eigenvalue weighted by molar-refractivity contribution is -0.135. The van der Waals surface area contributed by atoms with Crippen LogP contribution in [-0.2, 0) is 16.0 Å². The van der Waals surface area contributed by atoms with Crippen LogP contribution in [-0.4, -0.2) is 17.9 Å². The standard InChI is InChI=1S/C17H15NO2/c19-17-15(12-11-13-7-3-1-4-8-13)18-16(20-17)14-9-5-2-6-10-14/h1-10,15H,11-12H2/t15-/m1/s1. The minimum Gasteiger partial charge on any atom is -0.406 e. The van der Waals surface area contributed by atoms with Crippen LogP contribution >= 0.6 is 0 Å². The van der Waals surface area contributed by atoms with Crippen molar-refractivity contribution in [3.8, 4) is 0 Å². The first kappa shape index (κ1) is 12.6. The molecule has 20 heavy (non-hydrogen) atoms. The Kier molecular flexibility index (Phi) is 3.59. The summed E-state index contributed by atoms with van der Waals surface area (Å²) in [4.78, 5) is 16.2. The zero-order chi connectivity index (χ0) is 13.8. The fourth-order valence-electron chi connectivity index (χ4n) is 2.23. The molecule has 0 bridgehead atoms. The Hall–Kier alpha value is -2.42. The summed E-state index contributed by atoms with van der Waals surface area (Å²) < 4.78 is 5.26. The van der Waals surface area contributed by atoms with Crippen molar-refractivity contribution in [1.29, 1.82) is 0 Å². The highest BCUT2D eigenvalue weighted by Gasteiger charge is 2.29. The molecular weight excluding hydrogens is 250 g/mol. The van der Waals surface area contributed by atoms with Gasteiger partial charge in [0.25, 0.3) is 0 Å². The molecule has 1 heterocycles. The van der Waals surface area contributed by atoms with Crippen LogP contribution in [0.1, 0.15) is 17.5 Å². The maximum Gasteiger partial charge on any atom is 0.337 e. The lowest BCUT2D eigenvalue weighted by Crippen LogP contribution is -2.15. The monoisotopic (exact) mass is 265 g/mol. The molecule has 0 fully saturated rings. The van der Waals surface area contributed by atoms with Crippen LogP contribution in [0.25, 0.3) is 0 Å². The average Bonchev–Trinajstić information content (AvgIpc) is 2.88. The lowest BCUT2D eigenvalue weighted by atomic mass is 10.1. The molecule has 3 rings (SSSR count). The zero-order valence-electron chi connectivity index (χ0n) is 11.0. The molecule has 2 aromatic carbocycles. The predicted octanol–water partition coefficient (Wildman–Crippen LogP) is 2.99. The van der Waals surface area contributed by atoms with Crippen molar-refractivity contribution in [2.75, 3.05) is 0 Å². The van der Waals surface area contributed by atoms with Gasteiger partial charge in [0, 0.05) is 5.56 Å². The molecule has 0 spiro atoms. The third-order valence-corrected chi connectivity index (χ3v) is 3.31. The van der Waals surface area contributed by atoms with Gasteiger partial charge in [-0.1, -0.05) is 48.5 Å². The third kappa shape index (κ3) is 2.77. The summed E-state index contributed by atoms with van der Waals surface area (Å²) in [6.45, 7) is 0. The first-order valence-electron chi connectivity index (χ1n) is 6.72. The fourth-order valence-corrected chi connectivity index (χ4v) is 2.23. The number of ether oxygens (including phenoxy) is 1. The SMILES string of the molecule is O=C1OC(c2ccccc2)=N[C@@H]1CCc1ccccc1. The molecule has 2 aromatic rings. The van der Waals surface area contributed by atoms with Crippen LogP contribution in [0.15, 0.2) is 65.7 Å². The third-order valence-electron chi connectivity index (χ3n) is 3.31. The van der Waals surface area contributed by atoms with Gasteiger partial charge in [0.15, 0.2) is 6.04 Å². The van der Waals surface area contributed by atoms with E-state index in [1.807, 2.05) is 48.5 Å². The molecule has 0 saturated heterocycles. The van der Waals surface area contributed by atoms with E-state index in [4.69, 9.17) is 4.74 Å². The van der Waals surface area contributed by atoms with E-state index in [2.05, 4.69) is 17.1 Å². The molecule has 0 unspecified atom stereocenters. The number of rotatable bonds is 4. The Balaban J connectivity index is 1.68. The van der Waals surface area contributed by atoms with Gasteiger partial charge in [-0.3, -0.25) is 0 Å². The summed E-state index contributed by atoms with van der Waals surface area (Å²) in [5.74, 6) is 0.188. The molecule has 0 amide bonds. The minimum absolute atomic E-state index is 0.250. The highest BCUT2D eigenvalue weighted by atomic mass is 16.6. The summed E-state index contributed by atoms with van der Waals surface area (Å²) in [6, 6.07) is 19.2. The van der Waals surface area contributed by atoms with Gasteiger partial charge >= 0.3 is 5.97 Å². The Morgan fingerprint density at radius 3 is 2.30 bits per heavy atom. The molecule has 3 nitrogen and oxygen atoms in total. The van der Waals surface area contributed by atoms with Gasteiger partial charge < -0.3 is 4.74 Å². The normalized spacial score (nSPS) is 17.7. The van der Waals surface area contributed by atoms with Crippen molar-refractivity contribution in [2.45, 2.75) is 18.9 Å². The molecular formula is C17H15NO2. The predicted molar refractivity (Wildman–Crippen MR) is 77.6 cm³/mol. The molecule has 0 N–H and O–H groups in total. The lowest BCUT2D eigenvalue weighted by Gasteiger charge is -2.03. The first-order valence-corrected chi connectivity index (χ1v) is 6.72. The number of hydrogen-bond acceptors (Lipinski definition) is 3. The van der Waals surface area contributed by atoms with Crippen LogP contribution in [0.3, 0.4) is 0 Å². The number of carbonyl (C=O) groups is 1. The van der Waals surface area contributed by atoms with Gasteiger partial charge in [0.1, 0.15) is 0 Å².